The van der Waals surface area contributed by atoms with Gasteiger partial charge >= 0.3 is 0 Å². The Balaban J connectivity index is 1.82. The molecule has 1 amide bonds. The van der Waals surface area contributed by atoms with Crippen molar-refractivity contribution in [2.24, 2.45) is 0 Å². The van der Waals surface area contributed by atoms with E-state index in [1.807, 2.05) is 16.8 Å². The van der Waals surface area contributed by atoms with Gasteiger partial charge < -0.3 is 14.4 Å². The maximum Gasteiger partial charge on any atom is 0.254 e. The molecule has 4 nitrogen and oxygen atoms in total. The van der Waals surface area contributed by atoms with Gasteiger partial charge in [0, 0.05) is 19.2 Å². The summed E-state index contributed by atoms with van der Waals surface area (Å²) in [6, 6.07) is 5.32. The van der Waals surface area contributed by atoms with Crippen molar-refractivity contribution in [2.75, 3.05) is 20.3 Å². The summed E-state index contributed by atoms with van der Waals surface area (Å²) in [5.41, 5.74) is 1.61. The minimum atomic E-state index is -0.0972. The molecule has 3 rings (SSSR count). The largest absolute Gasteiger partial charge is 0.486 e. The molecule has 0 radical (unpaired) electrons. The summed E-state index contributed by atoms with van der Waals surface area (Å²) in [7, 11) is 1.77. The summed E-state index contributed by atoms with van der Waals surface area (Å²) >= 11 is 7.78. The van der Waals surface area contributed by atoms with Crippen LogP contribution in [-0.2, 0) is 6.54 Å². The molecule has 0 fully saturated rings. The van der Waals surface area contributed by atoms with Crippen LogP contribution in [0.15, 0.2) is 29.0 Å². The van der Waals surface area contributed by atoms with Crippen LogP contribution in [-0.4, -0.2) is 31.1 Å². The highest BCUT2D eigenvalue weighted by atomic mass is 35.5. The van der Waals surface area contributed by atoms with E-state index in [0.29, 0.717) is 41.8 Å². The van der Waals surface area contributed by atoms with Crippen molar-refractivity contribution in [2.45, 2.75) is 6.54 Å². The quantitative estimate of drug-likeness (QED) is 0.868. The number of halogens is 1. The van der Waals surface area contributed by atoms with Crippen LogP contribution < -0.4 is 9.47 Å². The highest BCUT2D eigenvalue weighted by Crippen LogP contribution is 2.38. The Kier molecular flexibility index (Phi) is 4.03. The van der Waals surface area contributed by atoms with Crippen LogP contribution in [0.2, 0.25) is 5.02 Å². The molecule has 6 heteroatoms. The normalized spacial score (nSPS) is 13.0. The first kappa shape index (κ1) is 14.2. The van der Waals surface area contributed by atoms with Gasteiger partial charge in [-0.3, -0.25) is 4.79 Å². The predicted octanol–water partition coefficient (Wildman–Crippen LogP) is 3.44. The van der Waals surface area contributed by atoms with Crippen LogP contribution in [0.3, 0.4) is 0 Å². The number of nitrogens with zero attached hydrogens (tertiary/aromatic N) is 1. The second-order valence-electron chi connectivity index (χ2n) is 4.78. The second kappa shape index (κ2) is 5.95. The number of rotatable bonds is 3. The fourth-order valence-electron chi connectivity index (χ4n) is 2.18. The van der Waals surface area contributed by atoms with E-state index in [0.717, 1.165) is 5.56 Å². The van der Waals surface area contributed by atoms with Crippen LogP contribution in [0.5, 0.6) is 11.5 Å². The van der Waals surface area contributed by atoms with Crippen LogP contribution >= 0.6 is 22.9 Å². The van der Waals surface area contributed by atoms with Gasteiger partial charge in [0.25, 0.3) is 5.91 Å². The number of ether oxygens (including phenoxy) is 2. The Labute approximate surface area is 131 Å². The minimum Gasteiger partial charge on any atom is -0.486 e. The molecule has 0 spiro atoms. The first-order valence-corrected chi connectivity index (χ1v) is 7.83. The molecule has 0 saturated heterocycles. The molecular formula is C15H14ClNO3S. The number of carbonyl (C=O) groups is 1. The molecule has 2 heterocycles. The summed E-state index contributed by atoms with van der Waals surface area (Å²) in [5.74, 6) is 0.945. The third kappa shape index (κ3) is 2.99. The third-order valence-corrected chi connectivity index (χ3v) is 4.20. The van der Waals surface area contributed by atoms with Crippen molar-refractivity contribution >= 4 is 28.8 Å². The SMILES string of the molecule is CN(Cc1ccsc1)C(=O)c1cc(Cl)c2c(c1)OCCO2. The van der Waals surface area contributed by atoms with E-state index in [2.05, 4.69) is 0 Å². The van der Waals surface area contributed by atoms with Crippen molar-refractivity contribution in [3.8, 4) is 11.5 Å². The van der Waals surface area contributed by atoms with Crippen molar-refractivity contribution in [1.82, 2.24) is 4.90 Å². The molecular weight excluding hydrogens is 310 g/mol. The molecule has 1 aliphatic rings. The summed E-state index contributed by atoms with van der Waals surface area (Å²) in [5, 5.41) is 4.43. The van der Waals surface area contributed by atoms with E-state index in [-0.39, 0.29) is 5.91 Å². The van der Waals surface area contributed by atoms with Gasteiger partial charge in [-0.2, -0.15) is 11.3 Å². The van der Waals surface area contributed by atoms with Gasteiger partial charge in [-0.15, -0.1) is 0 Å². The Morgan fingerprint density at radius 3 is 2.95 bits per heavy atom. The lowest BCUT2D eigenvalue weighted by molar-refractivity contribution is 0.0784. The zero-order valence-electron chi connectivity index (χ0n) is 11.5. The van der Waals surface area contributed by atoms with Crippen LogP contribution in [0.1, 0.15) is 15.9 Å². The molecule has 21 heavy (non-hydrogen) atoms. The van der Waals surface area contributed by atoms with E-state index in [9.17, 15) is 4.79 Å². The van der Waals surface area contributed by atoms with Gasteiger partial charge in [-0.1, -0.05) is 11.6 Å². The summed E-state index contributed by atoms with van der Waals surface area (Å²) < 4.78 is 11.0. The molecule has 2 aromatic rings. The Morgan fingerprint density at radius 1 is 1.38 bits per heavy atom. The van der Waals surface area contributed by atoms with Crippen LogP contribution in [0.4, 0.5) is 0 Å². The lowest BCUT2D eigenvalue weighted by atomic mass is 10.1. The lowest BCUT2D eigenvalue weighted by Gasteiger charge is -2.22. The van der Waals surface area contributed by atoms with Gasteiger partial charge in [-0.05, 0) is 34.5 Å². The maximum absolute atomic E-state index is 12.5. The minimum absolute atomic E-state index is 0.0972. The highest BCUT2D eigenvalue weighted by molar-refractivity contribution is 7.07. The summed E-state index contributed by atoms with van der Waals surface area (Å²) in [6.45, 7) is 1.50. The molecule has 0 bridgehead atoms. The molecule has 0 atom stereocenters. The van der Waals surface area contributed by atoms with Crippen LogP contribution in [0.25, 0.3) is 0 Å². The number of hydrogen-bond acceptors (Lipinski definition) is 4. The van der Waals surface area contributed by atoms with Gasteiger partial charge in [0.15, 0.2) is 11.5 Å². The molecule has 1 aromatic heterocycles. The van der Waals surface area contributed by atoms with Gasteiger partial charge in [-0.25, -0.2) is 0 Å². The zero-order chi connectivity index (χ0) is 14.8. The Morgan fingerprint density at radius 2 is 2.19 bits per heavy atom. The average Bonchev–Trinajstić information content (AvgIpc) is 2.99. The lowest BCUT2D eigenvalue weighted by Crippen LogP contribution is -2.26. The fraction of sp³-hybridized carbons (Fsp3) is 0.267. The molecule has 1 aromatic carbocycles. The molecule has 1 aliphatic heterocycles. The number of hydrogen-bond donors (Lipinski definition) is 0. The molecule has 0 N–H and O–H groups in total. The van der Waals surface area contributed by atoms with Gasteiger partial charge in [0.1, 0.15) is 13.2 Å². The number of amides is 1. The number of thiophene rings is 1. The summed E-state index contributed by atoms with van der Waals surface area (Å²) in [4.78, 5) is 14.1. The van der Waals surface area contributed by atoms with E-state index in [4.69, 9.17) is 21.1 Å². The standard InChI is InChI=1S/C15H14ClNO3S/c1-17(8-10-2-5-21-9-10)15(18)11-6-12(16)14-13(7-11)19-3-4-20-14/h2,5-7,9H,3-4,8H2,1H3. The molecule has 110 valence electrons. The maximum atomic E-state index is 12.5. The van der Waals surface area contributed by atoms with Crippen LogP contribution in [0, 0.1) is 0 Å². The Bertz CT molecular complexity index is 657. The fourth-order valence-corrected chi connectivity index (χ4v) is 3.11. The second-order valence-corrected chi connectivity index (χ2v) is 5.96. The summed E-state index contributed by atoms with van der Waals surface area (Å²) in [6.07, 6.45) is 0. The molecule has 0 aliphatic carbocycles. The van der Waals surface area contributed by atoms with Crippen molar-refractivity contribution in [1.29, 1.82) is 0 Å². The first-order chi connectivity index (χ1) is 10.1. The van der Waals surface area contributed by atoms with Crippen molar-refractivity contribution in [3.05, 3.63) is 45.1 Å². The monoisotopic (exact) mass is 323 g/mol. The number of benzene rings is 1. The average molecular weight is 324 g/mol. The third-order valence-electron chi connectivity index (χ3n) is 3.19. The smallest absolute Gasteiger partial charge is 0.254 e. The first-order valence-electron chi connectivity index (χ1n) is 6.51. The number of carbonyl (C=O) groups excluding carboxylic acids is 1. The van der Waals surface area contributed by atoms with E-state index in [1.54, 1.807) is 35.4 Å². The number of fused-ring (bicyclic) bond motifs is 1. The van der Waals surface area contributed by atoms with Gasteiger partial charge in [0.05, 0.1) is 5.02 Å². The molecule has 0 unspecified atom stereocenters. The topological polar surface area (TPSA) is 38.8 Å². The van der Waals surface area contributed by atoms with E-state index < -0.39 is 0 Å². The molecule has 0 saturated carbocycles. The van der Waals surface area contributed by atoms with E-state index in [1.165, 1.54) is 0 Å². The predicted molar refractivity (Wildman–Crippen MR) is 82.6 cm³/mol. The zero-order valence-corrected chi connectivity index (χ0v) is 13.0. The van der Waals surface area contributed by atoms with E-state index >= 15 is 0 Å². The Hall–Kier alpha value is -1.72. The highest BCUT2D eigenvalue weighted by Gasteiger charge is 2.21. The van der Waals surface area contributed by atoms with Crippen molar-refractivity contribution in [3.63, 3.8) is 0 Å². The van der Waals surface area contributed by atoms with Crippen molar-refractivity contribution < 1.29 is 14.3 Å². The van der Waals surface area contributed by atoms with Gasteiger partial charge in [0.2, 0.25) is 0 Å².